The van der Waals surface area contributed by atoms with Crippen molar-refractivity contribution in [2.75, 3.05) is 17.9 Å². The smallest absolute Gasteiger partial charge is 0.261 e. The molecule has 2 N–H and O–H groups in total. The van der Waals surface area contributed by atoms with Gasteiger partial charge in [0.2, 0.25) is 5.91 Å². The lowest BCUT2D eigenvalue weighted by Gasteiger charge is -2.40. The van der Waals surface area contributed by atoms with E-state index < -0.39 is 22.2 Å². The first-order valence-electron chi connectivity index (χ1n) is 10.2. The van der Waals surface area contributed by atoms with E-state index in [-0.39, 0.29) is 24.0 Å². The Balaban J connectivity index is 1.52. The van der Waals surface area contributed by atoms with Crippen LogP contribution < -0.4 is 4.72 Å². The van der Waals surface area contributed by atoms with Gasteiger partial charge in [-0.2, -0.15) is 0 Å². The van der Waals surface area contributed by atoms with E-state index in [9.17, 15) is 18.3 Å². The Labute approximate surface area is 187 Å². The van der Waals surface area contributed by atoms with Gasteiger partial charge in [-0.1, -0.05) is 60.7 Å². The maximum absolute atomic E-state index is 12.5. The van der Waals surface area contributed by atoms with Crippen molar-refractivity contribution in [2.24, 2.45) is 0 Å². The zero-order chi connectivity index (χ0) is 22.6. The maximum Gasteiger partial charge on any atom is 0.261 e. The molecular formula is C24H24N2O5S. The van der Waals surface area contributed by atoms with Crippen LogP contribution in [0.2, 0.25) is 0 Å². The summed E-state index contributed by atoms with van der Waals surface area (Å²) in [5.74, 6) is -0.184. The monoisotopic (exact) mass is 452 g/mol. The summed E-state index contributed by atoms with van der Waals surface area (Å²) in [7, 11) is -3.69. The second kappa shape index (κ2) is 9.52. The molecule has 0 bridgehead atoms. The van der Waals surface area contributed by atoms with Gasteiger partial charge >= 0.3 is 0 Å². The first-order chi connectivity index (χ1) is 15.5. The Morgan fingerprint density at radius 1 is 0.938 bits per heavy atom. The third-order valence-electron chi connectivity index (χ3n) is 5.38. The molecule has 2 atom stereocenters. The number of aliphatic hydroxyl groups excluding tert-OH is 1. The van der Waals surface area contributed by atoms with Gasteiger partial charge in [0.15, 0.2) is 0 Å². The lowest BCUT2D eigenvalue weighted by atomic mass is 9.98. The third kappa shape index (κ3) is 4.83. The summed E-state index contributed by atoms with van der Waals surface area (Å²) in [6, 6.07) is 23.9. The van der Waals surface area contributed by atoms with Crippen LogP contribution in [0.5, 0.6) is 0 Å². The molecule has 3 aromatic carbocycles. The number of sulfonamides is 1. The fraction of sp³-hybridized carbons (Fsp3) is 0.208. The summed E-state index contributed by atoms with van der Waals surface area (Å²) >= 11 is 0. The molecule has 1 aliphatic heterocycles. The van der Waals surface area contributed by atoms with Gasteiger partial charge in [-0.25, -0.2) is 8.42 Å². The minimum Gasteiger partial charge on any atom is -0.394 e. The summed E-state index contributed by atoms with van der Waals surface area (Å²) in [6.07, 6.45) is -0.527. The SMILES string of the molecule is O=C1CO[C@H](c2ccc(NS(=O)(=O)c3ccccc3)cc2)[C@@H](CO)N1Cc1ccccc1. The summed E-state index contributed by atoms with van der Waals surface area (Å²) in [6.45, 7) is 0.0295. The summed E-state index contributed by atoms with van der Waals surface area (Å²) in [5, 5.41) is 10.1. The number of benzene rings is 3. The van der Waals surface area contributed by atoms with Crippen molar-refractivity contribution < 1.29 is 23.1 Å². The minimum atomic E-state index is -3.69. The van der Waals surface area contributed by atoms with Crippen molar-refractivity contribution in [3.8, 4) is 0 Å². The first kappa shape index (κ1) is 22.0. The van der Waals surface area contributed by atoms with Gasteiger partial charge in [0.05, 0.1) is 17.5 Å². The molecule has 7 nitrogen and oxygen atoms in total. The Morgan fingerprint density at radius 3 is 2.19 bits per heavy atom. The van der Waals surface area contributed by atoms with Gasteiger partial charge in [0, 0.05) is 12.2 Å². The van der Waals surface area contributed by atoms with Gasteiger partial charge in [-0.15, -0.1) is 0 Å². The summed E-state index contributed by atoms with van der Waals surface area (Å²) in [4.78, 5) is 14.3. The Morgan fingerprint density at radius 2 is 1.56 bits per heavy atom. The molecule has 1 aliphatic rings. The standard InChI is InChI=1S/C24H24N2O5S/c27-16-22-24(31-17-23(28)26(22)15-18-7-3-1-4-8-18)19-11-13-20(14-12-19)25-32(29,30)21-9-5-2-6-10-21/h1-14,22,24-25,27H,15-17H2/t22-,24-/m1/s1. The van der Waals surface area contributed by atoms with Crippen molar-refractivity contribution in [3.63, 3.8) is 0 Å². The molecule has 8 heteroatoms. The largest absolute Gasteiger partial charge is 0.394 e. The van der Waals surface area contributed by atoms with Crippen LogP contribution in [0.1, 0.15) is 17.2 Å². The van der Waals surface area contributed by atoms with Crippen LogP contribution in [0.25, 0.3) is 0 Å². The van der Waals surface area contributed by atoms with E-state index in [0.717, 1.165) is 11.1 Å². The second-order valence-electron chi connectivity index (χ2n) is 7.53. The predicted molar refractivity (Wildman–Crippen MR) is 120 cm³/mol. The van der Waals surface area contributed by atoms with Crippen molar-refractivity contribution in [2.45, 2.75) is 23.6 Å². The summed E-state index contributed by atoms with van der Waals surface area (Å²) in [5.41, 5.74) is 2.12. The van der Waals surface area contributed by atoms with Crippen molar-refractivity contribution >= 4 is 21.6 Å². The minimum absolute atomic E-state index is 0.0869. The fourth-order valence-corrected chi connectivity index (χ4v) is 4.84. The van der Waals surface area contributed by atoms with Gasteiger partial charge in [0.25, 0.3) is 10.0 Å². The van der Waals surface area contributed by atoms with Gasteiger partial charge < -0.3 is 14.7 Å². The van der Waals surface area contributed by atoms with E-state index in [0.29, 0.717) is 12.2 Å². The lowest BCUT2D eigenvalue weighted by Crippen LogP contribution is -2.52. The highest BCUT2D eigenvalue weighted by Gasteiger charge is 2.37. The molecular weight excluding hydrogens is 428 g/mol. The fourth-order valence-electron chi connectivity index (χ4n) is 3.76. The molecule has 1 saturated heterocycles. The number of amides is 1. The van der Waals surface area contributed by atoms with Crippen LogP contribution in [-0.4, -0.2) is 43.6 Å². The molecule has 4 rings (SSSR count). The number of carbonyl (C=O) groups excluding carboxylic acids is 1. The topological polar surface area (TPSA) is 95.9 Å². The number of rotatable bonds is 7. The average Bonchev–Trinajstić information content (AvgIpc) is 2.82. The third-order valence-corrected chi connectivity index (χ3v) is 6.78. The number of nitrogens with zero attached hydrogens (tertiary/aromatic N) is 1. The molecule has 0 unspecified atom stereocenters. The van der Waals surface area contributed by atoms with E-state index in [1.54, 1.807) is 47.4 Å². The van der Waals surface area contributed by atoms with E-state index in [4.69, 9.17) is 4.74 Å². The quantitative estimate of drug-likeness (QED) is 0.575. The Bertz CT molecular complexity index is 1150. The number of hydrogen-bond acceptors (Lipinski definition) is 5. The molecule has 1 fully saturated rings. The second-order valence-corrected chi connectivity index (χ2v) is 9.21. The number of nitrogens with one attached hydrogen (secondary N) is 1. The van der Waals surface area contributed by atoms with Crippen LogP contribution in [0.3, 0.4) is 0 Å². The average molecular weight is 453 g/mol. The number of anilines is 1. The molecule has 166 valence electrons. The van der Waals surface area contributed by atoms with Crippen molar-refractivity contribution in [1.29, 1.82) is 0 Å². The van der Waals surface area contributed by atoms with Gasteiger partial charge in [-0.05, 0) is 35.4 Å². The zero-order valence-electron chi connectivity index (χ0n) is 17.3. The molecule has 3 aromatic rings. The van der Waals surface area contributed by atoms with Gasteiger partial charge in [0.1, 0.15) is 12.7 Å². The van der Waals surface area contributed by atoms with Crippen LogP contribution in [0, 0.1) is 0 Å². The highest BCUT2D eigenvalue weighted by Crippen LogP contribution is 2.31. The number of aliphatic hydroxyl groups is 1. The van der Waals surface area contributed by atoms with Crippen LogP contribution in [-0.2, 0) is 26.1 Å². The molecule has 32 heavy (non-hydrogen) atoms. The highest BCUT2D eigenvalue weighted by molar-refractivity contribution is 7.92. The molecule has 0 aliphatic carbocycles. The molecule has 0 radical (unpaired) electrons. The van der Waals surface area contributed by atoms with Crippen molar-refractivity contribution in [1.82, 2.24) is 4.90 Å². The van der Waals surface area contributed by atoms with Crippen molar-refractivity contribution in [3.05, 3.63) is 96.1 Å². The highest BCUT2D eigenvalue weighted by atomic mass is 32.2. The predicted octanol–water partition coefficient (Wildman–Crippen LogP) is 2.95. The Hall–Kier alpha value is -3.20. The zero-order valence-corrected chi connectivity index (χ0v) is 18.1. The first-order valence-corrected chi connectivity index (χ1v) is 11.7. The lowest BCUT2D eigenvalue weighted by molar-refractivity contribution is -0.162. The van der Waals surface area contributed by atoms with E-state index in [1.807, 2.05) is 30.3 Å². The summed E-state index contributed by atoms with van der Waals surface area (Å²) < 4.78 is 33.4. The molecule has 0 saturated carbocycles. The molecule has 1 heterocycles. The van der Waals surface area contributed by atoms with E-state index in [2.05, 4.69) is 4.72 Å². The number of hydrogen-bond donors (Lipinski definition) is 2. The normalized spacial score (nSPS) is 19.0. The number of morpholine rings is 1. The van der Waals surface area contributed by atoms with Crippen LogP contribution in [0.4, 0.5) is 5.69 Å². The van der Waals surface area contributed by atoms with Crippen LogP contribution in [0.15, 0.2) is 89.8 Å². The number of carbonyl (C=O) groups is 1. The van der Waals surface area contributed by atoms with Crippen LogP contribution >= 0.6 is 0 Å². The van der Waals surface area contributed by atoms with E-state index in [1.165, 1.54) is 12.1 Å². The molecule has 0 spiro atoms. The van der Waals surface area contributed by atoms with E-state index >= 15 is 0 Å². The maximum atomic E-state index is 12.5. The van der Waals surface area contributed by atoms with Gasteiger partial charge in [-0.3, -0.25) is 9.52 Å². The molecule has 1 amide bonds. The Kier molecular flexibility index (Phi) is 6.55. The number of ether oxygens (including phenoxy) is 1. The molecule has 0 aromatic heterocycles.